The van der Waals surface area contributed by atoms with Crippen molar-refractivity contribution in [2.45, 2.75) is 39.3 Å². The van der Waals surface area contributed by atoms with E-state index in [1.54, 1.807) is 0 Å². The molecule has 0 bridgehead atoms. The first-order chi connectivity index (χ1) is 8.08. The fourth-order valence-electron chi connectivity index (χ4n) is 2.55. The van der Waals surface area contributed by atoms with Crippen LogP contribution in [-0.2, 0) is 11.3 Å². The molecule has 0 saturated carbocycles. The van der Waals surface area contributed by atoms with Gasteiger partial charge in [0.15, 0.2) is 0 Å². The summed E-state index contributed by atoms with van der Waals surface area (Å²) in [6.45, 7) is 5.20. The van der Waals surface area contributed by atoms with Crippen molar-refractivity contribution in [3.05, 3.63) is 17.5 Å². The third-order valence-corrected chi connectivity index (χ3v) is 3.33. The second-order valence-corrected chi connectivity index (χ2v) is 4.80. The average molecular weight is 238 g/mol. The number of carboxylic acid groups (broad SMARTS) is 1. The molecule has 5 heteroatoms. The first-order valence-corrected chi connectivity index (χ1v) is 5.97. The molecule has 0 aromatic carbocycles. The van der Waals surface area contributed by atoms with E-state index in [-0.39, 0.29) is 5.92 Å². The van der Waals surface area contributed by atoms with Gasteiger partial charge >= 0.3 is 5.97 Å². The van der Waals surface area contributed by atoms with Gasteiger partial charge in [-0.05, 0) is 32.2 Å². The number of hydrogen-bond acceptors (Lipinski definition) is 4. The van der Waals surface area contributed by atoms with Crippen LogP contribution < -0.4 is 0 Å². The predicted octanol–water partition coefficient (Wildman–Crippen LogP) is 1.67. The zero-order valence-electron chi connectivity index (χ0n) is 10.2. The molecule has 1 saturated heterocycles. The van der Waals surface area contributed by atoms with Crippen molar-refractivity contribution in [3.8, 4) is 0 Å². The molecule has 1 N–H and O–H groups in total. The highest BCUT2D eigenvalue weighted by atomic mass is 16.5. The molecular formula is C12H18N2O3. The number of carboxylic acids is 1. The lowest BCUT2D eigenvalue weighted by Gasteiger charge is -2.36. The molecule has 0 spiro atoms. The monoisotopic (exact) mass is 238 g/mol. The number of aromatic nitrogens is 1. The van der Waals surface area contributed by atoms with Gasteiger partial charge in [-0.1, -0.05) is 12.1 Å². The van der Waals surface area contributed by atoms with E-state index in [1.807, 2.05) is 24.8 Å². The number of aliphatic carboxylic acids is 1. The number of piperidine rings is 1. The lowest BCUT2D eigenvalue weighted by molar-refractivity contribution is -0.147. The van der Waals surface area contributed by atoms with E-state index in [2.05, 4.69) is 5.16 Å². The highest BCUT2D eigenvalue weighted by molar-refractivity contribution is 5.74. The third-order valence-electron chi connectivity index (χ3n) is 3.33. The normalized spacial score (nSPS) is 26.0. The molecule has 17 heavy (non-hydrogen) atoms. The molecule has 1 aromatic rings. The Morgan fingerprint density at radius 1 is 1.71 bits per heavy atom. The zero-order chi connectivity index (χ0) is 12.4. The van der Waals surface area contributed by atoms with Crippen molar-refractivity contribution in [2.24, 2.45) is 5.92 Å². The van der Waals surface area contributed by atoms with Crippen molar-refractivity contribution in [1.82, 2.24) is 10.1 Å². The van der Waals surface area contributed by atoms with Gasteiger partial charge in [-0.25, -0.2) is 0 Å². The van der Waals surface area contributed by atoms with Crippen molar-refractivity contribution >= 4 is 5.97 Å². The SMILES string of the molecule is Cc1cc(CN2CCCC(C)C2C(=O)O)no1. The Bertz CT molecular complexity index is 402. The number of hydrogen-bond donors (Lipinski definition) is 1. The number of rotatable bonds is 3. The molecule has 2 rings (SSSR count). The zero-order valence-corrected chi connectivity index (χ0v) is 10.2. The summed E-state index contributed by atoms with van der Waals surface area (Å²) in [4.78, 5) is 13.3. The maximum atomic E-state index is 11.3. The van der Waals surface area contributed by atoms with Crippen molar-refractivity contribution < 1.29 is 14.4 Å². The smallest absolute Gasteiger partial charge is 0.321 e. The van der Waals surface area contributed by atoms with E-state index in [9.17, 15) is 9.90 Å². The molecular weight excluding hydrogens is 220 g/mol. The van der Waals surface area contributed by atoms with E-state index in [0.717, 1.165) is 30.8 Å². The van der Waals surface area contributed by atoms with Crippen LogP contribution in [0, 0.1) is 12.8 Å². The largest absolute Gasteiger partial charge is 0.480 e. The van der Waals surface area contributed by atoms with E-state index in [1.165, 1.54) is 0 Å². The Kier molecular flexibility index (Phi) is 3.47. The summed E-state index contributed by atoms with van der Waals surface area (Å²) in [5, 5.41) is 13.2. The minimum Gasteiger partial charge on any atom is -0.480 e. The first kappa shape index (κ1) is 12.1. The van der Waals surface area contributed by atoms with E-state index in [4.69, 9.17) is 4.52 Å². The maximum absolute atomic E-state index is 11.3. The molecule has 0 radical (unpaired) electrons. The van der Waals surface area contributed by atoms with Gasteiger partial charge in [0, 0.05) is 12.6 Å². The summed E-state index contributed by atoms with van der Waals surface area (Å²) >= 11 is 0. The summed E-state index contributed by atoms with van der Waals surface area (Å²) in [5.74, 6) is 0.212. The fourth-order valence-corrected chi connectivity index (χ4v) is 2.55. The van der Waals surface area contributed by atoms with Crippen LogP contribution in [0.5, 0.6) is 0 Å². The van der Waals surface area contributed by atoms with Crippen LogP contribution in [0.3, 0.4) is 0 Å². The number of nitrogens with zero attached hydrogens (tertiary/aromatic N) is 2. The highest BCUT2D eigenvalue weighted by Crippen LogP contribution is 2.25. The second-order valence-electron chi connectivity index (χ2n) is 4.80. The Morgan fingerprint density at radius 3 is 3.06 bits per heavy atom. The minimum atomic E-state index is -0.739. The number of likely N-dealkylation sites (tertiary alicyclic amines) is 1. The lowest BCUT2D eigenvalue weighted by Crippen LogP contribution is -2.48. The minimum absolute atomic E-state index is 0.189. The maximum Gasteiger partial charge on any atom is 0.321 e. The summed E-state index contributed by atoms with van der Waals surface area (Å²) in [6.07, 6.45) is 2.02. The van der Waals surface area contributed by atoms with Gasteiger partial charge in [0.2, 0.25) is 0 Å². The number of aryl methyl sites for hydroxylation is 1. The molecule has 0 aliphatic carbocycles. The Morgan fingerprint density at radius 2 is 2.47 bits per heavy atom. The highest BCUT2D eigenvalue weighted by Gasteiger charge is 2.34. The van der Waals surface area contributed by atoms with Crippen LogP contribution in [0.25, 0.3) is 0 Å². The van der Waals surface area contributed by atoms with E-state index < -0.39 is 12.0 Å². The topological polar surface area (TPSA) is 66.6 Å². The Balaban J connectivity index is 2.09. The second kappa shape index (κ2) is 4.87. The van der Waals surface area contributed by atoms with Gasteiger partial charge < -0.3 is 9.63 Å². The molecule has 94 valence electrons. The standard InChI is InChI=1S/C12H18N2O3/c1-8-4-3-5-14(11(8)12(15)16)7-10-6-9(2)17-13-10/h6,8,11H,3-5,7H2,1-2H3,(H,15,16). The van der Waals surface area contributed by atoms with Crippen LogP contribution in [0.15, 0.2) is 10.6 Å². The lowest BCUT2D eigenvalue weighted by atomic mass is 9.90. The summed E-state index contributed by atoms with van der Waals surface area (Å²) < 4.78 is 5.00. The van der Waals surface area contributed by atoms with Crippen LogP contribution in [-0.4, -0.2) is 33.7 Å². The van der Waals surface area contributed by atoms with Gasteiger partial charge in [0.25, 0.3) is 0 Å². The van der Waals surface area contributed by atoms with Gasteiger partial charge in [0.05, 0.1) is 5.69 Å². The van der Waals surface area contributed by atoms with Crippen molar-refractivity contribution in [1.29, 1.82) is 0 Å². The molecule has 2 atom stereocenters. The Hall–Kier alpha value is -1.36. The van der Waals surface area contributed by atoms with Gasteiger partial charge in [-0.15, -0.1) is 0 Å². The fraction of sp³-hybridized carbons (Fsp3) is 0.667. The van der Waals surface area contributed by atoms with E-state index >= 15 is 0 Å². The van der Waals surface area contributed by atoms with Crippen molar-refractivity contribution in [2.75, 3.05) is 6.54 Å². The van der Waals surface area contributed by atoms with Gasteiger partial charge in [-0.2, -0.15) is 0 Å². The molecule has 1 aliphatic heterocycles. The summed E-state index contributed by atoms with van der Waals surface area (Å²) in [6, 6.07) is 1.46. The molecule has 5 nitrogen and oxygen atoms in total. The predicted molar refractivity (Wildman–Crippen MR) is 61.5 cm³/mol. The quantitative estimate of drug-likeness (QED) is 0.867. The number of carbonyl (C=O) groups is 1. The summed E-state index contributed by atoms with van der Waals surface area (Å²) in [5.41, 5.74) is 0.808. The summed E-state index contributed by atoms with van der Waals surface area (Å²) in [7, 11) is 0. The van der Waals surface area contributed by atoms with Crippen LogP contribution in [0.2, 0.25) is 0 Å². The van der Waals surface area contributed by atoms with Crippen LogP contribution in [0.1, 0.15) is 31.2 Å². The molecule has 1 aliphatic rings. The van der Waals surface area contributed by atoms with Crippen molar-refractivity contribution in [3.63, 3.8) is 0 Å². The third kappa shape index (κ3) is 2.66. The van der Waals surface area contributed by atoms with Crippen LogP contribution >= 0.6 is 0 Å². The first-order valence-electron chi connectivity index (χ1n) is 5.97. The molecule has 2 heterocycles. The van der Waals surface area contributed by atoms with Gasteiger partial charge in [0.1, 0.15) is 11.8 Å². The molecule has 2 unspecified atom stereocenters. The molecule has 1 fully saturated rings. The Labute approximate surface area is 100 Å². The average Bonchev–Trinajstić information content (AvgIpc) is 2.63. The van der Waals surface area contributed by atoms with Gasteiger partial charge in [-0.3, -0.25) is 9.69 Å². The van der Waals surface area contributed by atoms with Crippen LogP contribution in [0.4, 0.5) is 0 Å². The molecule has 0 amide bonds. The molecule has 1 aromatic heterocycles. The van der Waals surface area contributed by atoms with E-state index in [0.29, 0.717) is 6.54 Å².